The molecule has 0 spiro atoms. The van der Waals surface area contributed by atoms with E-state index in [1.807, 2.05) is 25.1 Å². The second-order valence-electron chi connectivity index (χ2n) is 8.27. The molecule has 0 N–H and O–H groups in total. The number of fused-ring (bicyclic) bond motifs is 1. The molecule has 1 amide bonds. The monoisotopic (exact) mass is 430 g/mol. The van der Waals surface area contributed by atoms with Crippen LogP contribution >= 0.6 is 0 Å². The fraction of sp³-hybridized carbons (Fsp3) is 0.435. The summed E-state index contributed by atoms with van der Waals surface area (Å²) >= 11 is 0. The molecule has 7 heteroatoms. The van der Waals surface area contributed by atoms with Crippen molar-refractivity contribution in [2.45, 2.75) is 51.0 Å². The van der Waals surface area contributed by atoms with Crippen molar-refractivity contribution < 1.29 is 17.9 Å². The Bertz CT molecular complexity index is 1060. The first kappa shape index (κ1) is 22.3. The van der Waals surface area contributed by atoms with Gasteiger partial charge in [0, 0.05) is 26.3 Å². The van der Waals surface area contributed by atoms with Crippen molar-refractivity contribution in [2.75, 3.05) is 25.5 Å². The summed E-state index contributed by atoms with van der Waals surface area (Å²) in [6.07, 6.45) is -0.0350. The minimum atomic E-state index is -3.51. The molecule has 0 fully saturated rings. The van der Waals surface area contributed by atoms with Crippen molar-refractivity contribution >= 4 is 21.6 Å². The van der Waals surface area contributed by atoms with Crippen molar-refractivity contribution in [2.24, 2.45) is 0 Å². The topological polar surface area (TPSA) is 66.9 Å². The number of hydrogen-bond acceptors (Lipinski definition) is 4. The van der Waals surface area contributed by atoms with E-state index < -0.39 is 16.1 Å². The maximum absolute atomic E-state index is 13.1. The van der Waals surface area contributed by atoms with E-state index in [1.165, 1.54) is 18.4 Å². The predicted molar refractivity (Wildman–Crippen MR) is 119 cm³/mol. The fourth-order valence-electron chi connectivity index (χ4n) is 3.66. The summed E-state index contributed by atoms with van der Waals surface area (Å²) in [7, 11) is -0.489. The van der Waals surface area contributed by atoms with Gasteiger partial charge in [0.05, 0.1) is 4.90 Å². The summed E-state index contributed by atoms with van der Waals surface area (Å²) in [4.78, 5) is 15.1. The molecular weight excluding hydrogens is 400 g/mol. The maximum Gasteiger partial charge on any atom is 0.267 e. The number of benzene rings is 2. The number of hydrogen-bond donors (Lipinski definition) is 0. The lowest BCUT2D eigenvalue weighted by Crippen LogP contribution is -2.39. The minimum absolute atomic E-state index is 0.131. The molecule has 3 rings (SSSR count). The molecule has 0 saturated heterocycles. The first-order chi connectivity index (χ1) is 14.0. The van der Waals surface area contributed by atoms with Crippen LogP contribution < -0.4 is 9.64 Å². The number of amides is 1. The number of aryl methyl sites for hydroxylation is 1. The Hall–Kier alpha value is -2.38. The van der Waals surface area contributed by atoms with Crippen LogP contribution in [0, 0.1) is 6.92 Å². The Morgan fingerprint density at radius 2 is 1.80 bits per heavy atom. The summed E-state index contributed by atoms with van der Waals surface area (Å²) in [5, 5.41) is 0. The first-order valence-electron chi connectivity index (χ1n) is 10.2. The van der Waals surface area contributed by atoms with Crippen LogP contribution in [-0.2, 0) is 21.2 Å². The Kier molecular flexibility index (Phi) is 6.24. The van der Waals surface area contributed by atoms with Gasteiger partial charge in [0.25, 0.3) is 5.91 Å². The normalized spacial score (nSPS) is 14.9. The highest BCUT2D eigenvalue weighted by atomic mass is 32.2. The zero-order chi connectivity index (χ0) is 22.2. The second-order valence-corrected chi connectivity index (χ2v) is 10.4. The minimum Gasteiger partial charge on any atom is -0.481 e. The van der Waals surface area contributed by atoms with Crippen LogP contribution in [0.5, 0.6) is 5.75 Å². The van der Waals surface area contributed by atoms with E-state index in [0.717, 1.165) is 28.1 Å². The van der Waals surface area contributed by atoms with Gasteiger partial charge in [0.15, 0.2) is 6.10 Å². The number of ether oxygens (including phenoxy) is 1. The average Bonchev–Trinajstić information content (AvgIpc) is 3.10. The molecule has 6 nitrogen and oxygen atoms in total. The highest BCUT2D eigenvalue weighted by molar-refractivity contribution is 7.89. The smallest absolute Gasteiger partial charge is 0.267 e. The lowest BCUT2D eigenvalue weighted by atomic mass is 10.0. The van der Waals surface area contributed by atoms with Crippen LogP contribution in [0.15, 0.2) is 41.3 Å². The van der Waals surface area contributed by atoms with E-state index in [1.54, 1.807) is 30.0 Å². The van der Waals surface area contributed by atoms with E-state index in [4.69, 9.17) is 4.74 Å². The Morgan fingerprint density at radius 1 is 1.10 bits per heavy atom. The second kappa shape index (κ2) is 8.40. The van der Waals surface area contributed by atoms with Crippen LogP contribution in [-0.4, -0.2) is 45.4 Å². The van der Waals surface area contributed by atoms with Gasteiger partial charge in [0.2, 0.25) is 10.0 Å². The molecule has 0 bridgehead atoms. The number of carbonyl (C=O) groups excluding carboxylic acids is 1. The van der Waals surface area contributed by atoms with Gasteiger partial charge in [-0.15, -0.1) is 0 Å². The molecule has 0 saturated carbocycles. The molecule has 1 heterocycles. The fourth-order valence-corrected chi connectivity index (χ4v) is 4.61. The standard InChI is InChI=1S/C23H30N2O4S/c1-15(2)20-9-7-16(3)13-22(20)29-17(4)23(26)25-12-11-18-14-19(8-10-21(18)25)30(27,28)24(5)6/h7-10,13-15,17H,11-12H2,1-6H3/t17-/m0/s1. The van der Waals surface area contributed by atoms with E-state index in [0.29, 0.717) is 13.0 Å². The van der Waals surface area contributed by atoms with E-state index in [9.17, 15) is 13.2 Å². The molecule has 0 aliphatic carbocycles. The van der Waals surface area contributed by atoms with Crippen LogP contribution in [0.2, 0.25) is 0 Å². The molecule has 2 aromatic rings. The van der Waals surface area contributed by atoms with Crippen LogP contribution in [0.1, 0.15) is 43.4 Å². The molecule has 0 radical (unpaired) electrons. The largest absolute Gasteiger partial charge is 0.481 e. The van der Waals surface area contributed by atoms with Gasteiger partial charge in [-0.25, -0.2) is 12.7 Å². The highest BCUT2D eigenvalue weighted by Crippen LogP contribution is 2.33. The predicted octanol–water partition coefficient (Wildman–Crippen LogP) is 3.73. The van der Waals surface area contributed by atoms with Crippen molar-refractivity contribution in [3.8, 4) is 5.75 Å². The van der Waals surface area contributed by atoms with Gasteiger partial charge >= 0.3 is 0 Å². The Labute approximate surface area is 179 Å². The van der Waals surface area contributed by atoms with E-state index in [-0.39, 0.29) is 16.7 Å². The number of rotatable bonds is 6. The van der Waals surface area contributed by atoms with Crippen molar-refractivity contribution in [3.05, 3.63) is 53.1 Å². The van der Waals surface area contributed by atoms with Crippen LogP contribution in [0.3, 0.4) is 0 Å². The highest BCUT2D eigenvalue weighted by Gasteiger charge is 2.31. The molecule has 0 aromatic heterocycles. The lowest BCUT2D eigenvalue weighted by Gasteiger charge is -2.24. The third-order valence-corrected chi connectivity index (χ3v) is 7.24. The number of sulfonamides is 1. The number of carbonyl (C=O) groups is 1. The van der Waals surface area contributed by atoms with Gasteiger partial charge in [-0.1, -0.05) is 26.0 Å². The van der Waals surface area contributed by atoms with Crippen LogP contribution in [0.4, 0.5) is 5.69 Å². The SMILES string of the molecule is Cc1ccc(C(C)C)c(O[C@@H](C)C(=O)N2CCc3cc(S(=O)(=O)N(C)C)ccc32)c1. The molecular formula is C23H30N2O4S. The molecule has 1 atom stereocenters. The molecule has 1 aliphatic heterocycles. The third kappa shape index (κ3) is 4.23. The van der Waals surface area contributed by atoms with Crippen molar-refractivity contribution in [3.63, 3.8) is 0 Å². The summed E-state index contributed by atoms with van der Waals surface area (Å²) in [6.45, 7) is 8.47. The van der Waals surface area contributed by atoms with E-state index >= 15 is 0 Å². The van der Waals surface area contributed by atoms with Gasteiger partial charge in [-0.05, 0) is 67.1 Å². The molecule has 30 heavy (non-hydrogen) atoms. The first-order valence-corrected chi connectivity index (χ1v) is 11.6. The van der Waals surface area contributed by atoms with Crippen molar-refractivity contribution in [1.82, 2.24) is 4.31 Å². The lowest BCUT2D eigenvalue weighted by molar-refractivity contribution is -0.124. The quantitative estimate of drug-likeness (QED) is 0.700. The van der Waals surface area contributed by atoms with Gasteiger partial charge < -0.3 is 9.64 Å². The Morgan fingerprint density at radius 3 is 2.43 bits per heavy atom. The summed E-state index contributed by atoms with van der Waals surface area (Å²) < 4.78 is 32.1. The van der Waals surface area contributed by atoms with Crippen molar-refractivity contribution in [1.29, 1.82) is 0 Å². The summed E-state index contributed by atoms with van der Waals surface area (Å²) in [5.74, 6) is 0.887. The zero-order valence-corrected chi connectivity index (χ0v) is 19.3. The van der Waals surface area contributed by atoms with E-state index in [2.05, 4.69) is 13.8 Å². The number of anilines is 1. The van der Waals surface area contributed by atoms with Crippen LogP contribution in [0.25, 0.3) is 0 Å². The van der Waals surface area contributed by atoms with Gasteiger partial charge in [-0.2, -0.15) is 0 Å². The molecule has 0 unspecified atom stereocenters. The molecule has 1 aliphatic rings. The third-order valence-electron chi connectivity index (χ3n) is 5.43. The molecule has 162 valence electrons. The molecule has 2 aromatic carbocycles. The summed E-state index contributed by atoms with van der Waals surface area (Å²) in [5.41, 5.74) is 3.76. The number of nitrogens with zero attached hydrogens (tertiary/aromatic N) is 2. The maximum atomic E-state index is 13.1. The van der Waals surface area contributed by atoms with Gasteiger partial charge in [-0.3, -0.25) is 4.79 Å². The Balaban J connectivity index is 1.83. The van der Waals surface area contributed by atoms with Gasteiger partial charge in [0.1, 0.15) is 5.75 Å². The summed E-state index contributed by atoms with van der Waals surface area (Å²) in [6, 6.07) is 11.0. The average molecular weight is 431 g/mol. The zero-order valence-electron chi connectivity index (χ0n) is 18.5.